The van der Waals surface area contributed by atoms with E-state index in [0.29, 0.717) is 0 Å². The van der Waals surface area contributed by atoms with E-state index in [4.69, 9.17) is 5.73 Å². The molecule has 1 aromatic rings. The van der Waals surface area contributed by atoms with E-state index >= 15 is 0 Å². The van der Waals surface area contributed by atoms with Gasteiger partial charge in [0.15, 0.2) is 0 Å². The van der Waals surface area contributed by atoms with E-state index in [2.05, 4.69) is 72.8 Å². The normalized spacial score (nSPS) is 16.4. The van der Waals surface area contributed by atoms with E-state index in [-0.39, 0.29) is 11.6 Å². The van der Waals surface area contributed by atoms with Gasteiger partial charge >= 0.3 is 0 Å². The molecule has 0 aliphatic carbocycles. The molecule has 0 radical (unpaired) electrons. The molecule has 0 fully saturated rings. The van der Waals surface area contributed by atoms with Crippen LogP contribution in [0.1, 0.15) is 39.7 Å². The molecule has 1 rings (SSSR count). The minimum absolute atomic E-state index is 0.0613. The topological polar surface area (TPSA) is 29.3 Å². The number of likely N-dealkylation sites (N-methyl/N-ethyl adjacent to an activating group) is 1. The number of hydrogen-bond donors (Lipinski definition) is 1. The highest BCUT2D eigenvalue weighted by molar-refractivity contribution is 9.10. The lowest BCUT2D eigenvalue weighted by Gasteiger charge is -2.44. The Kier molecular flexibility index (Phi) is 6.51. The van der Waals surface area contributed by atoms with Gasteiger partial charge in [-0.25, -0.2) is 0 Å². The fraction of sp³-hybridized carbons (Fsp3) is 0.625. The van der Waals surface area contributed by atoms with Crippen LogP contribution in [0.5, 0.6) is 0 Å². The van der Waals surface area contributed by atoms with Crippen molar-refractivity contribution in [3.05, 3.63) is 34.3 Å². The maximum absolute atomic E-state index is 6.54. The zero-order valence-electron chi connectivity index (χ0n) is 12.6. The smallest absolute Gasteiger partial charge is 0.0332 e. The van der Waals surface area contributed by atoms with Gasteiger partial charge in [-0.05, 0) is 50.6 Å². The second-order valence-electron chi connectivity index (χ2n) is 5.32. The number of halogens is 1. The zero-order valence-corrected chi connectivity index (χ0v) is 14.2. The molecule has 0 aromatic heterocycles. The molecule has 0 spiro atoms. The van der Waals surface area contributed by atoms with Crippen LogP contribution in [0.15, 0.2) is 28.7 Å². The Labute approximate surface area is 126 Å². The highest BCUT2D eigenvalue weighted by Gasteiger charge is 2.34. The molecule has 1 aromatic carbocycles. The van der Waals surface area contributed by atoms with Crippen LogP contribution in [0.3, 0.4) is 0 Å². The highest BCUT2D eigenvalue weighted by atomic mass is 79.9. The number of hydrogen-bond acceptors (Lipinski definition) is 2. The van der Waals surface area contributed by atoms with Gasteiger partial charge in [-0.2, -0.15) is 0 Å². The van der Waals surface area contributed by atoms with Gasteiger partial charge in [0.2, 0.25) is 0 Å². The van der Waals surface area contributed by atoms with Gasteiger partial charge in [0.05, 0.1) is 0 Å². The first-order valence-electron chi connectivity index (χ1n) is 7.23. The van der Waals surface area contributed by atoms with E-state index in [9.17, 15) is 0 Å². The Morgan fingerprint density at radius 2 is 1.89 bits per heavy atom. The quantitative estimate of drug-likeness (QED) is 0.825. The van der Waals surface area contributed by atoms with Gasteiger partial charge in [-0.1, -0.05) is 48.8 Å². The van der Waals surface area contributed by atoms with Gasteiger partial charge in [0.25, 0.3) is 0 Å². The fourth-order valence-electron chi connectivity index (χ4n) is 2.80. The lowest BCUT2D eigenvalue weighted by atomic mass is 9.84. The third kappa shape index (κ3) is 4.04. The summed E-state index contributed by atoms with van der Waals surface area (Å²) in [5.41, 5.74) is 7.90. The predicted octanol–water partition coefficient (Wildman–Crippen LogP) is 3.83. The van der Waals surface area contributed by atoms with E-state index in [1.165, 1.54) is 5.56 Å². The molecule has 3 heteroatoms. The molecule has 0 amide bonds. The molecular formula is C16H27BrN2. The molecule has 2 unspecified atom stereocenters. The molecule has 2 N–H and O–H groups in total. The highest BCUT2D eigenvalue weighted by Crippen LogP contribution is 2.25. The van der Waals surface area contributed by atoms with Crippen LogP contribution in [-0.2, 0) is 6.42 Å². The average molecular weight is 327 g/mol. The summed E-state index contributed by atoms with van der Waals surface area (Å²) in [6.45, 7) is 11.0. The summed E-state index contributed by atoms with van der Waals surface area (Å²) in [5, 5.41) is 0. The lowest BCUT2D eigenvalue weighted by molar-refractivity contribution is 0.0845. The fourth-order valence-corrected chi connectivity index (χ4v) is 3.25. The maximum atomic E-state index is 6.54. The number of benzene rings is 1. The summed E-state index contributed by atoms with van der Waals surface area (Å²) in [6.07, 6.45) is 1.99. The Morgan fingerprint density at radius 3 is 2.37 bits per heavy atom. The Morgan fingerprint density at radius 1 is 1.26 bits per heavy atom. The summed E-state index contributed by atoms with van der Waals surface area (Å²) in [7, 11) is 0. The Balaban J connectivity index is 2.87. The molecule has 19 heavy (non-hydrogen) atoms. The Bertz CT molecular complexity index is 390. The molecule has 0 heterocycles. The van der Waals surface area contributed by atoms with Crippen LogP contribution in [0.4, 0.5) is 0 Å². The van der Waals surface area contributed by atoms with Gasteiger partial charge in [0.1, 0.15) is 0 Å². The Hall–Kier alpha value is -0.380. The van der Waals surface area contributed by atoms with Crippen LogP contribution in [-0.4, -0.2) is 29.6 Å². The molecule has 2 nitrogen and oxygen atoms in total. The molecule has 108 valence electrons. The lowest BCUT2D eigenvalue weighted by Crippen LogP contribution is -2.58. The molecule has 0 saturated heterocycles. The monoisotopic (exact) mass is 326 g/mol. The van der Waals surface area contributed by atoms with Crippen LogP contribution < -0.4 is 5.73 Å². The van der Waals surface area contributed by atoms with E-state index in [1.54, 1.807) is 0 Å². The summed E-state index contributed by atoms with van der Waals surface area (Å²) < 4.78 is 1.12. The van der Waals surface area contributed by atoms with Crippen molar-refractivity contribution in [3.63, 3.8) is 0 Å². The third-order valence-electron chi connectivity index (χ3n) is 4.35. The van der Waals surface area contributed by atoms with Crippen LogP contribution in [0, 0.1) is 0 Å². The van der Waals surface area contributed by atoms with Crippen molar-refractivity contribution < 1.29 is 0 Å². The van der Waals surface area contributed by atoms with Gasteiger partial charge < -0.3 is 5.73 Å². The second-order valence-corrected chi connectivity index (χ2v) is 6.24. The number of nitrogens with two attached hydrogens (primary N) is 1. The van der Waals surface area contributed by atoms with Gasteiger partial charge in [0, 0.05) is 16.1 Å². The van der Waals surface area contributed by atoms with E-state index < -0.39 is 0 Å². The van der Waals surface area contributed by atoms with Crippen molar-refractivity contribution in [3.8, 4) is 0 Å². The first kappa shape index (κ1) is 16.7. The van der Waals surface area contributed by atoms with Crippen molar-refractivity contribution in [2.45, 2.75) is 52.1 Å². The standard InChI is InChI=1S/C16H27BrN2/c1-5-16(4,19(6-2)7-3)15(18)12-13-9-8-10-14(17)11-13/h8-11,15H,5-7,12,18H2,1-4H3. The third-order valence-corrected chi connectivity index (χ3v) is 4.84. The van der Waals surface area contributed by atoms with E-state index in [1.807, 2.05) is 0 Å². The SMILES string of the molecule is CCN(CC)C(C)(CC)C(N)Cc1cccc(Br)c1. The van der Waals surface area contributed by atoms with Crippen LogP contribution in [0.25, 0.3) is 0 Å². The van der Waals surface area contributed by atoms with Crippen LogP contribution >= 0.6 is 15.9 Å². The van der Waals surface area contributed by atoms with Crippen molar-refractivity contribution in [1.29, 1.82) is 0 Å². The van der Waals surface area contributed by atoms with Gasteiger partial charge in [-0.3, -0.25) is 4.90 Å². The average Bonchev–Trinajstić information content (AvgIpc) is 2.39. The molecule has 0 bridgehead atoms. The number of nitrogens with zero attached hydrogens (tertiary/aromatic N) is 1. The summed E-state index contributed by atoms with van der Waals surface area (Å²) in [6, 6.07) is 8.60. The number of rotatable bonds is 7. The molecule has 0 aliphatic heterocycles. The second kappa shape index (κ2) is 7.41. The molecule has 0 saturated carbocycles. The van der Waals surface area contributed by atoms with Crippen molar-refractivity contribution in [2.75, 3.05) is 13.1 Å². The van der Waals surface area contributed by atoms with E-state index in [0.717, 1.165) is 30.4 Å². The summed E-state index contributed by atoms with van der Waals surface area (Å²) >= 11 is 3.52. The molecule has 0 aliphatic rings. The van der Waals surface area contributed by atoms with Crippen molar-refractivity contribution >= 4 is 15.9 Å². The minimum Gasteiger partial charge on any atom is -0.326 e. The first-order chi connectivity index (χ1) is 8.97. The van der Waals surface area contributed by atoms with Crippen LogP contribution in [0.2, 0.25) is 0 Å². The first-order valence-corrected chi connectivity index (χ1v) is 8.02. The van der Waals surface area contributed by atoms with Gasteiger partial charge in [-0.15, -0.1) is 0 Å². The molecule has 2 atom stereocenters. The largest absolute Gasteiger partial charge is 0.326 e. The zero-order chi connectivity index (χ0) is 14.5. The molecular weight excluding hydrogens is 300 g/mol. The van der Waals surface area contributed by atoms with Crippen molar-refractivity contribution in [1.82, 2.24) is 4.90 Å². The summed E-state index contributed by atoms with van der Waals surface area (Å²) in [4.78, 5) is 2.48. The maximum Gasteiger partial charge on any atom is 0.0332 e. The minimum atomic E-state index is 0.0613. The van der Waals surface area contributed by atoms with Crippen molar-refractivity contribution in [2.24, 2.45) is 5.73 Å². The predicted molar refractivity (Wildman–Crippen MR) is 87.4 cm³/mol. The summed E-state index contributed by atoms with van der Waals surface area (Å²) in [5.74, 6) is 0.